The zero-order chi connectivity index (χ0) is 16.5. The Morgan fingerprint density at radius 3 is 2.77 bits per heavy atom. The van der Waals surface area contributed by atoms with Crippen molar-refractivity contribution in [3.05, 3.63) is 34.4 Å². The minimum absolute atomic E-state index is 0.0311. The third kappa shape index (κ3) is 3.57. The Morgan fingerprint density at radius 2 is 2.14 bits per heavy atom. The summed E-state index contributed by atoms with van der Waals surface area (Å²) in [5.41, 5.74) is 2.21. The van der Waals surface area contributed by atoms with Gasteiger partial charge in [-0.2, -0.15) is 0 Å². The van der Waals surface area contributed by atoms with Crippen molar-refractivity contribution in [2.75, 3.05) is 6.54 Å². The van der Waals surface area contributed by atoms with Crippen molar-refractivity contribution in [3.63, 3.8) is 0 Å². The number of fused-ring (bicyclic) bond motifs is 1. The van der Waals surface area contributed by atoms with Gasteiger partial charge in [0.25, 0.3) is 0 Å². The van der Waals surface area contributed by atoms with Crippen molar-refractivity contribution >= 4 is 12.1 Å². The summed E-state index contributed by atoms with van der Waals surface area (Å²) in [4.78, 5) is 23.1. The Bertz CT molecular complexity index is 603. The molecule has 0 radical (unpaired) electrons. The predicted octanol–water partition coefficient (Wildman–Crippen LogP) is 2.22. The summed E-state index contributed by atoms with van der Waals surface area (Å²) in [7, 11) is 0. The number of rotatable bonds is 3. The highest BCUT2D eigenvalue weighted by molar-refractivity contribution is 5.93. The SMILES string of the molecule is Cc1c(C(O)CNC(=O)OC(C)(C)C)ccc2c1COC2=O. The molecule has 1 aromatic carbocycles. The molecule has 2 N–H and O–H groups in total. The van der Waals surface area contributed by atoms with Crippen molar-refractivity contribution in [2.24, 2.45) is 0 Å². The maximum atomic E-state index is 11.6. The molecule has 0 bridgehead atoms. The van der Waals surface area contributed by atoms with Gasteiger partial charge in [0.1, 0.15) is 12.2 Å². The Kier molecular flexibility index (Phi) is 4.42. The van der Waals surface area contributed by atoms with Crippen LogP contribution in [-0.4, -0.2) is 29.3 Å². The summed E-state index contributed by atoms with van der Waals surface area (Å²) >= 11 is 0. The lowest BCUT2D eigenvalue weighted by Gasteiger charge is -2.21. The quantitative estimate of drug-likeness (QED) is 0.836. The summed E-state index contributed by atoms with van der Waals surface area (Å²) < 4.78 is 10.1. The second-order valence-electron chi connectivity index (χ2n) is 6.28. The zero-order valence-electron chi connectivity index (χ0n) is 13.2. The van der Waals surface area contributed by atoms with Gasteiger partial charge in [0.05, 0.1) is 18.2 Å². The number of benzene rings is 1. The predicted molar refractivity (Wildman–Crippen MR) is 79.5 cm³/mol. The smallest absolute Gasteiger partial charge is 0.407 e. The first kappa shape index (κ1) is 16.3. The normalized spacial score (nSPS) is 15.0. The molecule has 2 rings (SSSR count). The average molecular weight is 307 g/mol. The molecule has 1 heterocycles. The number of cyclic esters (lactones) is 1. The van der Waals surface area contributed by atoms with Crippen molar-refractivity contribution in [1.82, 2.24) is 5.32 Å². The second kappa shape index (κ2) is 5.96. The van der Waals surface area contributed by atoms with E-state index in [0.29, 0.717) is 11.1 Å². The lowest BCUT2D eigenvalue weighted by atomic mass is 9.95. The molecule has 1 aliphatic rings. The standard InChI is InChI=1S/C16H21NO5/c1-9-10(5-6-11-12(9)8-21-14(11)19)13(18)7-17-15(20)22-16(2,3)4/h5-6,13,18H,7-8H2,1-4H3,(H,17,20). The topological polar surface area (TPSA) is 84.9 Å². The van der Waals surface area contributed by atoms with Gasteiger partial charge in [0.2, 0.25) is 0 Å². The maximum absolute atomic E-state index is 11.6. The molecule has 0 aliphatic carbocycles. The van der Waals surface area contributed by atoms with E-state index in [4.69, 9.17) is 9.47 Å². The third-order valence-corrected chi connectivity index (χ3v) is 3.41. The van der Waals surface area contributed by atoms with Crippen LogP contribution < -0.4 is 5.32 Å². The summed E-state index contributed by atoms with van der Waals surface area (Å²) in [6.45, 7) is 7.39. The maximum Gasteiger partial charge on any atom is 0.407 e. The average Bonchev–Trinajstić information content (AvgIpc) is 2.77. The number of nitrogens with one attached hydrogen (secondary N) is 1. The highest BCUT2D eigenvalue weighted by Crippen LogP contribution is 2.28. The first-order chi connectivity index (χ1) is 10.2. The van der Waals surface area contributed by atoms with E-state index in [1.54, 1.807) is 32.9 Å². The first-order valence-corrected chi connectivity index (χ1v) is 7.13. The monoisotopic (exact) mass is 307 g/mol. The van der Waals surface area contributed by atoms with Gasteiger partial charge in [-0.05, 0) is 44.9 Å². The number of carbonyl (C=O) groups excluding carboxylic acids is 2. The lowest BCUT2D eigenvalue weighted by Crippen LogP contribution is -2.35. The van der Waals surface area contributed by atoms with Gasteiger partial charge in [-0.25, -0.2) is 9.59 Å². The fourth-order valence-corrected chi connectivity index (χ4v) is 2.33. The van der Waals surface area contributed by atoms with Crippen LogP contribution in [0.3, 0.4) is 0 Å². The molecular weight excluding hydrogens is 286 g/mol. The molecule has 1 atom stereocenters. The number of aliphatic hydroxyl groups is 1. The molecule has 6 nitrogen and oxygen atoms in total. The number of amides is 1. The highest BCUT2D eigenvalue weighted by atomic mass is 16.6. The fourth-order valence-electron chi connectivity index (χ4n) is 2.33. The number of carbonyl (C=O) groups is 2. The van der Waals surface area contributed by atoms with Crippen molar-refractivity contribution in [3.8, 4) is 0 Å². The van der Waals surface area contributed by atoms with Gasteiger partial charge in [-0.15, -0.1) is 0 Å². The van der Waals surface area contributed by atoms with E-state index in [0.717, 1.165) is 11.1 Å². The van der Waals surface area contributed by atoms with Gasteiger partial charge in [-0.1, -0.05) is 6.07 Å². The van der Waals surface area contributed by atoms with Crippen molar-refractivity contribution in [2.45, 2.75) is 46.0 Å². The Balaban J connectivity index is 2.04. The number of ether oxygens (including phenoxy) is 2. The van der Waals surface area contributed by atoms with Gasteiger partial charge in [0.15, 0.2) is 0 Å². The number of alkyl carbamates (subject to hydrolysis) is 1. The van der Waals surface area contributed by atoms with Crippen LogP contribution in [0.4, 0.5) is 4.79 Å². The van der Waals surface area contributed by atoms with Crippen LogP contribution in [0.5, 0.6) is 0 Å². The van der Waals surface area contributed by atoms with E-state index in [-0.39, 0.29) is 19.1 Å². The minimum Gasteiger partial charge on any atom is -0.457 e. The molecule has 0 aromatic heterocycles. The summed E-state index contributed by atoms with van der Waals surface area (Å²) in [6, 6.07) is 3.33. The van der Waals surface area contributed by atoms with Crippen LogP contribution in [0.1, 0.15) is 53.9 Å². The Morgan fingerprint density at radius 1 is 1.45 bits per heavy atom. The molecule has 1 amide bonds. The molecular formula is C16H21NO5. The van der Waals surface area contributed by atoms with Crippen LogP contribution in [0.2, 0.25) is 0 Å². The molecule has 120 valence electrons. The number of aliphatic hydroxyl groups excluding tert-OH is 1. The molecule has 0 spiro atoms. The van der Waals surface area contributed by atoms with E-state index in [9.17, 15) is 14.7 Å². The Hall–Kier alpha value is -2.08. The minimum atomic E-state index is -0.881. The van der Waals surface area contributed by atoms with E-state index >= 15 is 0 Å². The number of hydrogen-bond donors (Lipinski definition) is 2. The summed E-state index contributed by atoms with van der Waals surface area (Å²) in [5.74, 6) is -0.342. The van der Waals surface area contributed by atoms with Crippen LogP contribution in [0.15, 0.2) is 12.1 Å². The molecule has 0 saturated carbocycles. The molecule has 1 unspecified atom stereocenters. The van der Waals surface area contributed by atoms with Crippen LogP contribution >= 0.6 is 0 Å². The lowest BCUT2D eigenvalue weighted by molar-refractivity contribution is 0.0489. The third-order valence-electron chi connectivity index (χ3n) is 3.41. The van der Waals surface area contributed by atoms with E-state index in [2.05, 4.69) is 5.32 Å². The van der Waals surface area contributed by atoms with Gasteiger partial charge in [-0.3, -0.25) is 0 Å². The summed E-state index contributed by atoms with van der Waals surface area (Å²) in [6.07, 6.45) is -1.46. The molecule has 1 aromatic rings. The van der Waals surface area contributed by atoms with Crippen LogP contribution in [0, 0.1) is 6.92 Å². The molecule has 0 fully saturated rings. The summed E-state index contributed by atoms with van der Waals surface area (Å²) in [5, 5.41) is 12.8. The van der Waals surface area contributed by atoms with E-state index < -0.39 is 17.8 Å². The first-order valence-electron chi connectivity index (χ1n) is 7.13. The number of hydrogen-bond acceptors (Lipinski definition) is 5. The van der Waals surface area contributed by atoms with E-state index in [1.165, 1.54) is 0 Å². The number of esters is 1. The van der Waals surface area contributed by atoms with E-state index in [1.807, 2.05) is 6.92 Å². The van der Waals surface area contributed by atoms with Crippen LogP contribution in [0.25, 0.3) is 0 Å². The molecule has 6 heteroatoms. The van der Waals surface area contributed by atoms with Crippen molar-refractivity contribution in [1.29, 1.82) is 0 Å². The van der Waals surface area contributed by atoms with Gasteiger partial charge < -0.3 is 19.9 Å². The van der Waals surface area contributed by atoms with Gasteiger partial charge >= 0.3 is 12.1 Å². The Labute approximate surface area is 129 Å². The molecule has 1 aliphatic heterocycles. The fraction of sp³-hybridized carbons (Fsp3) is 0.500. The van der Waals surface area contributed by atoms with Crippen molar-refractivity contribution < 1.29 is 24.2 Å². The molecule has 0 saturated heterocycles. The second-order valence-corrected chi connectivity index (χ2v) is 6.28. The molecule has 22 heavy (non-hydrogen) atoms. The largest absolute Gasteiger partial charge is 0.457 e. The highest BCUT2D eigenvalue weighted by Gasteiger charge is 2.26. The zero-order valence-corrected chi connectivity index (χ0v) is 13.2. The van der Waals surface area contributed by atoms with Crippen LogP contribution in [-0.2, 0) is 16.1 Å². The van der Waals surface area contributed by atoms with Gasteiger partial charge in [0, 0.05) is 5.56 Å².